The normalized spacial score (nSPS) is 12.4. The predicted molar refractivity (Wildman–Crippen MR) is 78.3 cm³/mol. The van der Waals surface area contributed by atoms with Gasteiger partial charge in [0.2, 0.25) is 0 Å². The fraction of sp³-hybridized carbons (Fsp3) is 0.200. The van der Waals surface area contributed by atoms with E-state index in [4.69, 9.17) is 5.84 Å². The minimum atomic E-state index is -0.837. The van der Waals surface area contributed by atoms with Crippen LogP contribution in [0.3, 0.4) is 0 Å². The summed E-state index contributed by atoms with van der Waals surface area (Å²) in [5.74, 6) is 3.94. The van der Waals surface area contributed by atoms with Crippen LogP contribution in [-0.2, 0) is 6.42 Å². The second kappa shape index (κ2) is 6.83. The van der Waals surface area contributed by atoms with Crippen LogP contribution >= 0.6 is 11.8 Å². The van der Waals surface area contributed by atoms with Crippen LogP contribution < -0.4 is 11.3 Å². The first kappa shape index (κ1) is 15.0. The molecule has 3 N–H and O–H groups in total. The van der Waals surface area contributed by atoms with Gasteiger partial charge in [0.25, 0.3) is 0 Å². The molecule has 5 heteroatoms. The molecule has 1 atom stereocenters. The van der Waals surface area contributed by atoms with Crippen molar-refractivity contribution in [1.82, 2.24) is 5.43 Å². The monoisotopic (exact) mass is 294 g/mol. The van der Waals surface area contributed by atoms with Crippen molar-refractivity contribution >= 4 is 11.8 Å². The van der Waals surface area contributed by atoms with E-state index in [2.05, 4.69) is 5.43 Å². The highest BCUT2D eigenvalue weighted by molar-refractivity contribution is 7.98. The van der Waals surface area contributed by atoms with E-state index in [9.17, 15) is 8.78 Å². The number of halogens is 2. The average molecular weight is 294 g/mol. The Morgan fingerprint density at radius 1 is 1.15 bits per heavy atom. The second-order valence-corrected chi connectivity index (χ2v) is 5.23. The molecule has 2 rings (SSSR count). The quantitative estimate of drug-likeness (QED) is 0.504. The molecule has 0 aliphatic rings. The number of hydrogen-bond acceptors (Lipinski definition) is 3. The molecule has 0 bridgehead atoms. The van der Waals surface area contributed by atoms with Crippen molar-refractivity contribution in [2.24, 2.45) is 5.84 Å². The molecule has 2 nitrogen and oxygen atoms in total. The number of nitrogens with one attached hydrogen (secondary N) is 1. The van der Waals surface area contributed by atoms with Gasteiger partial charge < -0.3 is 0 Å². The molecule has 0 amide bonds. The van der Waals surface area contributed by atoms with Gasteiger partial charge in [-0.15, -0.1) is 11.8 Å². The Balaban J connectivity index is 2.31. The number of rotatable bonds is 5. The summed E-state index contributed by atoms with van der Waals surface area (Å²) in [7, 11) is 0. The van der Waals surface area contributed by atoms with Crippen LogP contribution in [0.4, 0.5) is 8.78 Å². The van der Waals surface area contributed by atoms with Crippen molar-refractivity contribution in [3.8, 4) is 0 Å². The zero-order chi connectivity index (χ0) is 14.5. The Morgan fingerprint density at radius 3 is 2.60 bits per heavy atom. The van der Waals surface area contributed by atoms with Gasteiger partial charge in [-0.05, 0) is 35.9 Å². The third-order valence-electron chi connectivity index (χ3n) is 3.17. The third kappa shape index (κ3) is 3.17. The molecule has 20 heavy (non-hydrogen) atoms. The highest BCUT2D eigenvalue weighted by Crippen LogP contribution is 2.28. The SMILES string of the molecule is CSc1ccccc1C(Cc1cccc(F)c1F)NN. The highest BCUT2D eigenvalue weighted by atomic mass is 32.2. The summed E-state index contributed by atoms with van der Waals surface area (Å²) in [6, 6.07) is 11.7. The van der Waals surface area contributed by atoms with Gasteiger partial charge in [0, 0.05) is 4.90 Å². The predicted octanol–water partition coefficient (Wildman–Crippen LogP) is 3.43. The molecule has 1 unspecified atom stereocenters. The van der Waals surface area contributed by atoms with Crippen LogP contribution in [0.25, 0.3) is 0 Å². The summed E-state index contributed by atoms with van der Waals surface area (Å²) in [5, 5.41) is 0. The molecular weight excluding hydrogens is 278 g/mol. The van der Waals surface area contributed by atoms with Crippen LogP contribution in [-0.4, -0.2) is 6.26 Å². The first-order valence-corrected chi connectivity index (χ1v) is 7.41. The topological polar surface area (TPSA) is 38.0 Å². The maximum atomic E-state index is 13.7. The summed E-state index contributed by atoms with van der Waals surface area (Å²) in [6.07, 6.45) is 2.26. The maximum Gasteiger partial charge on any atom is 0.162 e. The van der Waals surface area contributed by atoms with Crippen molar-refractivity contribution in [3.63, 3.8) is 0 Å². The molecule has 0 aromatic heterocycles. The smallest absolute Gasteiger partial charge is 0.162 e. The largest absolute Gasteiger partial charge is 0.271 e. The van der Waals surface area contributed by atoms with Gasteiger partial charge in [0.05, 0.1) is 6.04 Å². The molecule has 0 aliphatic heterocycles. The highest BCUT2D eigenvalue weighted by Gasteiger charge is 2.17. The summed E-state index contributed by atoms with van der Waals surface area (Å²) in [4.78, 5) is 1.06. The lowest BCUT2D eigenvalue weighted by molar-refractivity contribution is 0.479. The maximum absolute atomic E-state index is 13.7. The van der Waals surface area contributed by atoms with E-state index in [1.54, 1.807) is 17.8 Å². The molecular formula is C15H16F2N2S. The zero-order valence-corrected chi connectivity index (χ0v) is 11.9. The number of benzene rings is 2. The van der Waals surface area contributed by atoms with E-state index >= 15 is 0 Å². The first-order valence-electron chi connectivity index (χ1n) is 6.19. The van der Waals surface area contributed by atoms with E-state index < -0.39 is 11.6 Å². The zero-order valence-electron chi connectivity index (χ0n) is 11.1. The molecule has 0 saturated carbocycles. The Kier molecular flexibility index (Phi) is 5.11. The van der Waals surface area contributed by atoms with Crippen LogP contribution in [0, 0.1) is 11.6 Å². The molecule has 0 radical (unpaired) electrons. The Bertz CT molecular complexity index is 590. The summed E-state index contributed by atoms with van der Waals surface area (Å²) in [5.41, 5.74) is 3.97. The van der Waals surface area contributed by atoms with Crippen molar-refractivity contribution in [2.45, 2.75) is 17.4 Å². The van der Waals surface area contributed by atoms with Crippen LogP contribution in [0.2, 0.25) is 0 Å². The lowest BCUT2D eigenvalue weighted by atomic mass is 9.99. The fourth-order valence-corrected chi connectivity index (χ4v) is 2.80. The lowest BCUT2D eigenvalue weighted by Gasteiger charge is -2.19. The van der Waals surface area contributed by atoms with Crippen molar-refractivity contribution in [1.29, 1.82) is 0 Å². The van der Waals surface area contributed by atoms with E-state index in [1.165, 1.54) is 6.07 Å². The fourth-order valence-electron chi connectivity index (χ4n) is 2.14. The van der Waals surface area contributed by atoms with Crippen LogP contribution in [0.5, 0.6) is 0 Å². The number of nitrogens with two attached hydrogens (primary N) is 1. The lowest BCUT2D eigenvalue weighted by Crippen LogP contribution is -2.30. The van der Waals surface area contributed by atoms with Crippen molar-refractivity contribution in [2.75, 3.05) is 6.26 Å². The standard InChI is InChI=1S/C15H16F2N2S/c1-20-14-8-3-2-6-11(14)13(19-18)9-10-5-4-7-12(16)15(10)17/h2-8,13,19H,9,18H2,1H3. The van der Waals surface area contributed by atoms with Gasteiger partial charge in [-0.1, -0.05) is 30.3 Å². The van der Waals surface area contributed by atoms with Crippen LogP contribution in [0.15, 0.2) is 47.4 Å². The molecule has 0 aliphatic carbocycles. The van der Waals surface area contributed by atoms with Gasteiger partial charge in [0.1, 0.15) is 0 Å². The molecule has 0 spiro atoms. The third-order valence-corrected chi connectivity index (χ3v) is 3.98. The number of hydrogen-bond donors (Lipinski definition) is 2. The van der Waals surface area contributed by atoms with E-state index in [0.29, 0.717) is 5.56 Å². The van der Waals surface area contributed by atoms with Crippen LogP contribution in [0.1, 0.15) is 17.2 Å². The van der Waals surface area contributed by atoms with Gasteiger partial charge in [-0.25, -0.2) is 8.78 Å². The minimum Gasteiger partial charge on any atom is -0.271 e. The Morgan fingerprint density at radius 2 is 1.90 bits per heavy atom. The van der Waals surface area contributed by atoms with E-state index in [0.717, 1.165) is 16.5 Å². The van der Waals surface area contributed by atoms with Gasteiger partial charge in [0.15, 0.2) is 11.6 Å². The van der Waals surface area contributed by atoms with E-state index in [-0.39, 0.29) is 12.5 Å². The minimum absolute atomic E-state index is 0.269. The second-order valence-electron chi connectivity index (χ2n) is 4.38. The van der Waals surface area contributed by atoms with Crippen molar-refractivity contribution in [3.05, 3.63) is 65.2 Å². The summed E-state index contributed by atoms with van der Waals surface area (Å²) < 4.78 is 27.0. The molecule has 2 aromatic rings. The Hall–Kier alpha value is -1.43. The van der Waals surface area contributed by atoms with E-state index in [1.807, 2.05) is 30.5 Å². The van der Waals surface area contributed by atoms with Gasteiger partial charge >= 0.3 is 0 Å². The molecule has 106 valence electrons. The van der Waals surface area contributed by atoms with Crippen molar-refractivity contribution < 1.29 is 8.78 Å². The number of thioether (sulfide) groups is 1. The summed E-state index contributed by atoms with van der Waals surface area (Å²) >= 11 is 1.59. The summed E-state index contributed by atoms with van der Waals surface area (Å²) in [6.45, 7) is 0. The average Bonchev–Trinajstić information content (AvgIpc) is 2.49. The van der Waals surface area contributed by atoms with Gasteiger partial charge in [-0.3, -0.25) is 11.3 Å². The molecule has 0 heterocycles. The molecule has 0 fully saturated rings. The number of hydrazine groups is 1. The van der Waals surface area contributed by atoms with Gasteiger partial charge in [-0.2, -0.15) is 0 Å². The Labute approximate surface area is 121 Å². The first-order chi connectivity index (χ1) is 9.67. The molecule has 0 saturated heterocycles. The molecule has 2 aromatic carbocycles.